The van der Waals surface area contributed by atoms with Gasteiger partial charge in [-0.15, -0.1) is 0 Å². The summed E-state index contributed by atoms with van der Waals surface area (Å²) in [6.07, 6.45) is 1.52. The molecule has 0 unspecified atom stereocenters. The molecule has 0 aliphatic carbocycles. The molecule has 0 bridgehead atoms. The van der Waals surface area contributed by atoms with Gasteiger partial charge in [0.25, 0.3) is 0 Å². The minimum Gasteiger partial charge on any atom is -0.493 e. The molecule has 1 aliphatic rings. The first kappa shape index (κ1) is 14.9. The van der Waals surface area contributed by atoms with Crippen LogP contribution in [-0.2, 0) is 4.79 Å². The number of rotatable bonds is 4. The molecule has 1 aromatic rings. The smallest absolute Gasteiger partial charge is 0.226 e. The van der Waals surface area contributed by atoms with Gasteiger partial charge in [-0.2, -0.15) is 0 Å². The Balaban J connectivity index is 1.78. The highest BCUT2D eigenvalue weighted by molar-refractivity contribution is 5.76. The Morgan fingerprint density at radius 3 is 2.75 bits per heavy atom. The molecule has 0 aromatic heterocycles. The average molecular weight is 277 g/mol. The number of amides is 1. The Hall–Kier alpha value is -1.55. The van der Waals surface area contributed by atoms with Gasteiger partial charge in [0.1, 0.15) is 5.75 Å². The number of carbonyl (C=O) groups excluding carboxylic acids is 1. The third-order valence-corrected chi connectivity index (χ3v) is 3.73. The number of ether oxygens (including phenoxy) is 1. The van der Waals surface area contributed by atoms with E-state index in [1.165, 1.54) is 0 Å². The summed E-state index contributed by atoms with van der Waals surface area (Å²) in [5.41, 5.74) is 2.24. The summed E-state index contributed by atoms with van der Waals surface area (Å²) >= 11 is 0. The molecule has 2 rings (SSSR count). The van der Waals surface area contributed by atoms with E-state index in [2.05, 4.69) is 0 Å². The predicted octanol–water partition coefficient (Wildman–Crippen LogP) is 2.06. The van der Waals surface area contributed by atoms with E-state index < -0.39 is 0 Å². The van der Waals surface area contributed by atoms with E-state index in [1.807, 2.05) is 36.9 Å². The fraction of sp³-hybridized carbons (Fsp3) is 0.562. The van der Waals surface area contributed by atoms with E-state index >= 15 is 0 Å². The SMILES string of the molecule is Cc1ccc(C)c(OCCC(=O)N2CCC(O)CC2)c1. The van der Waals surface area contributed by atoms with Gasteiger partial charge in [-0.25, -0.2) is 0 Å². The topological polar surface area (TPSA) is 49.8 Å². The van der Waals surface area contributed by atoms with Crippen molar-refractivity contribution in [2.24, 2.45) is 0 Å². The maximum Gasteiger partial charge on any atom is 0.226 e. The average Bonchev–Trinajstić information content (AvgIpc) is 2.43. The molecular formula is C16H23NO3. The van der Waals surface area contributed by atoms with Crippen LogP contribution in [0.25, 0.3) is 0 Å². The van der Waals surface area contributed by atoms with Crippen molar-refractivity contribution >= 4 is 5.91 Å². The number of piperidine rings is 1. The molecule has 4 nitrogen and oxygen atoms in total. The molecule has 1 heterocycles. The number of benzene rings is 1. The van der Waals surface area contributed by atoms with E-state index in [-0.39, 0.29) is 12.0 Å². The minimum atomic E-state index is -0.245. The number of carbonyl (C=O) groups is 1. The largest absolute Gasteiger partial charge is 0.493 e. The zero-order valence-electron chi connectivity index (χ0n) is 12.3. The van der Waals surface area contributed by atoms with Gasteiger partial charge in [-0.05, 0) is 43.9 Å². The monoisotopic (exact) mass is 277 g/mol. The van der Waals surface area contributed by atoms with Gasteiger partial charge < -0.3 is 14.7 Å². The van der Waals surface area contributed by atoms with Crippen molar-refractivity contribution in [1.82, 2.24) is 4.90 Å². The quantitative estimate of drug-likeness (QED) is 0.916. The Morgan fingerprint density at radius 1 is 1.35 bits per heavy atom. The van der Waals surface area contributed by atoms with Gasteiger partial charge in [0.15, 0.2) is 0 Å². The van der Waals surface area contributed by atoms with Crippen molar-refractivity contribution in [3.8, 4) is 5.75 Å². The first-order valence-corrected chi connectivity index (χ1v) is 7.22. The lowest BCUT2D eigenvalue weighted by molar-refractivity contribution is -0.133. The fourth-order valence-corrected chi connectivity index (χ4v) is 2.38. The summed E-state index contributed by atoms with van der Waals surface area (Å²) in [5, 5.41) is 9.43. The lowest BCUT2D eigenvalue weighted by Crippen LogP contribution is -2.40. The molecule has 4 heteroatoms. The zero-order valence-corrected chi connectivity index (χ0v) is 12.3. The van der Waals surface area contributed by atoms with Crippen molar-refractivity contribution in [1.29, 1.82) is 0 Å². The van der Waals surface area contributed by atoms with Crippen molar-refractivity contribution < 1.29 is 14.6 Å². The number of aliphatic hydroxyl groups is 1. The van der Waals surface area contributed by atoms with Gasteiger partial charge >= 0.3 is 0 Å². The van der Waals surface area contributed by atoms with Crippen LogP contribution in [0.4, 0.5) is 0 Å². The van der Waals surface area contributed by atoms with Crippen LogP contribution in [0.1, 0.15) is 30.4 Å². The second kappa shape index (κ2) is 6.75. The Bertz CT molecular complexity index is 465. The van der Waals surface area contributed by atoms with Gasteiger partial charge in [-0.1, -0.05) is 12.1 Å². The van der Waals surface area contributed by atoms with Crippen LogP contribution in [0, 0.1) is 13.8 Å². The number of hydrogen-bond donors (Lipinski definition) is 1. The molecule has 1 amide bonds. The number of hydrogen-bond acceptors (Lipinski definition) is 3. The highest BCUT2D eigenvalue weighted by atomic mass is 16.5. The van der Waals surface area contributed by atoms with Gasteiger partial charge in [0.2, 0.25) is 5.91 Å². The molecule has 20 heavy (non-hydrogen) atoms. The van der Waals surface area contributed by atoms with Crippen LogP contribution in [0.2, 0.25) is 0 Å². The maximum absolute atomic E-state index is 12.0. The van der Waals surface area contributed by atoms with E-state index in [0.29, 0.717) is 39.0 Å². The van der Waals surface area contributed by atoms with Crippen molar-refractivity contribution in [2.75, 3.05) is 19.7 Å². The van der Waals surface area contributed by atoms with Crippen molar-refractivity contribution in [3.63, 3.8) is 0 Å². The maximum atomic E-state index is 12.0. The molecule has 1 N–H and O–H groups in total. The first-order chi connectivity index (χ1) is 9.56. The van der Waals surface area contributed by atoms with Crippen LogP contribution in [0.5, 0.6) is 5.75 Å². The van der Waals surface area contributed by atoms with Crippen LogP contribution < -0.4 is 4.74 Å². The third-order valence-electron chi connectivity index (χ3n) is 3.73. The Labute approximate surface area is 120 Å². The first-order valence-electron chi connectivity index (χ1n) is 7.22. The molecule has 1 saturated heterocycles. The summed E-state index contributed by atoms with van der Waals surface area (Å²) < 4.78 is 5.70. The minimum absolute atomic E-state index is 0.113. The van der Waals surface area contributed by atoms with Gasteiger partial charge in [-0.3, -0.25) is 4.79 Å². The molecular weight excluding hydrogens is 254 g/mol. The normalized spacial score (nSPS) is 16.2. The van der Waals surface area contributed by atoms with Crippen LogP contribution in [0.3, 0.4) is 0 Å². The lowest BCUT2D eigenvalue weighted by Gasteiger charge is -2.29. The summed E-state index contributed by atoms with van der Waals surface area (Å²) in [7, 11) is 0. The third kappa shape index (κ3) is 3.97. The molecule has 0 saturated carbocycles. The lowest BCUT2D eigenvalue weighted by atomic mass is 10.1. The van der Waals surface area contributed by atoms with Gasteiger partial charge in [0.05, 0.1) is 19.1 Å². The number of nitrogens with zero attached hydrogens (tertiary/aromatic N) is 1. The summed E-state index contributed by atoms with van der Waals surface area (Å²) in [4.78, 5) is 13.8. The summed E-state index contributed by atoms with van der Waals surface area (Å²) in [6, 6.07) is 6.07. The highest BCUT2D eigenvalue weighted by Crippen LogP contribution is 2.19. The second-order valence-corrected chi connectivity index (χ2v) is 5.48. The van der Waals surface area contributed by atoms with Crippen LogP contribution in [-0.4, -0.2) is 41.7 Å². The molecule has 1 aromatic carbocycles. The Kier molecular flexibility index (Phi) is 5.01. The Morgan fingerprint density at radius 2 is 2.05 bits per heavy atom. The molecule has 0 atom stereocenters. The number of aryl methyl sites for hydroxylation is 2. The van der Waals surface area contributed by atoms with E-state index in [9.17, 15) is 9.90 Å². The van der Waals surface area contributed by atoms with Gasteiger partial charge in [0, 0.05) is 13.1 Å². The van der Waals surface area contributed by atoms with E-state index in [4.69, 9.17) is 4.74 Å². The number of aliphatic hydroxyl groups excluding tert-OH is 1. The zero-order chi connectivity index (χ0) is 14.5. The van der Waals surface area contributed by atoms with Crippen molar-refractivity contribution in [3.05, 3.63) is 29.3 Å². The summed E-state index contributed by atoms with van der Waals surface area (Å²) in [5.74, 6) is 0.967. The van der Waals surface area contributed by atoms with Crippen LogP contribution >= 0.6 is 0 Å². The van der Waals surface area contributed by atoms with E-state index in [1.54, 1.807) is 0 Å². The summed E-state index contributed by atoms with van der Waals surface area (Å²) in [6.45, 7) is 5.74. The van der Waals surface area contributed by atoms with Crippen LogP contribution in [0.15, 0.2) is 18.2 Å². The standard InChI is InChI=1S/C16H23NO3/c1-12-3-4-13(2)15(11-12)20-10-7-16(19)17-8-5-14(18)6-9-17/h3-4,11,14,18H,5-10H2,1-2H3. The van der Waals surface area contributed by atoms with E-state index in [0.717, 1.165) is 16.9 Å². The van der Waals surface area contributed by atoms with Crippen molar-refractivity contribution in [2.45, 2.75) is 39.2 Å². The second-order valence-electron chi connectivity index (χ2n) is 5.48. The molecule has 0 radical (unpaired) electrons. The number of likely N-dealkylation sites (tertiary alicyclic amines) is 1. The molecule has 0 spiro atoms. The highest BCUT2D eigenvalue weighted by Gasteiger charge is 2.20. The molecule has 1 fully saturated rings. The molecule has 110 valence electrons. The molecule has 1 aliphatic heterocycles. The fourth-order valence-electron chi connectivity index (χ4n) is 2.38. The predicted molar refractivity (Wildman–Crippen MR) is 77.8 cm³/mol.